The van der Waals surface area contributed by atoms with Gasteiger partial charge in [0.25, 0.3) is 5.56 Å². The molecule has 5 rings (SSSR count). The Morgan fingerprint density at radius 1 is 1.10 bits per heavy atom. The van der Waals surface area contributed by atoms with Crippen LogP contribution in [-0.4, -0.2) is 40.6 Å². The van der Waals surface area contributed by atoms with E-state index in [2.05, 4.69) is 20.2 Å². The number of nitrogens with zero attached hydrogens (tertiary/aromatic N) is 5. The first-order valence-electron chi connectivity index (χ1n) is 8.90. The fourth-order valence-electron chi connectivity index (χ4n) is 3.31. The maximum absolute atomic E-state index is 13.4. The van der Waals surface area contributed by atoms with Crippen molar-refractivity contribution >= 4 is 27.8 Å². The van der Waals surface area contributed by atoms with Gasteiger partial charge in [-0.15, -0.1) is 0 Å². The van der Waals surface area contributed by atoms with Crippen LogP contribution in [0.1, 0.15) is 15.9 Å². The van der Waals surface area contributed by atoms with Crippen LogP contribution >= 0.6 is 0 Å². The van der Waals surface area contributed by atoms with E-state index >= 15 is 0 Å². The minimum Gasteiger partial charge on any atom is -0.478 e. The van der Waals surface area contributed by atoms with Gasteiger partial charge in [-0.1, -0.05) is 18.2 Å². The fraction of sp³-hybridized carbons (Fsp3) is 0.0500. The second-order valence-electron chi connectivity index (χ2n) is 6.73. The zero-order valence-electron chi connectivity index (χ0n) is 15.3. The van der Waals surface area contributed by atoms with Crippen molar-refractivity contribution in [3.05, 3.63) is 82.3 Å². The lowest BCUT2D eigenvalue weighted by molar-refractivity contribution is 0.0697. The van der Waals surface area contributed by atoms with Gasteiger partial charge in [0.05, 0.1) is 24.5 Å². The number of aromatic nitrogens is 6. The van der Waals surface area contributed by atoms with Gasteiger partial charge >= 0.3 is 5.97 Å². The number of halogens is 1. The highest BCUT2D eigenvalue weighted by Crippen LogP contribution is 2.19. The summed E-state index contributed by atoms with van der Waals surface area (Å²) in [6.45, 7) is 0.325. The topological polar surface area (TPSA) is 119 Å². The van der Waals surface area contributed by atoms with E-state index in [-0.39, 0.29) is 22.8 Å². The van der Waals surface area contributed by atoms with Crippen molar-refractivity contribution < 1.29 is 14.3 Å². The number of aromatic carboxylic acids is 1. The van der Waals surface area contributed by atoms with E-state index in [0.29, 0.717) is 12.1 Å². The van der Waals surface area contributed by atoms with Crippen LogP contribution in [0.15, 0.2) is 59.8 Å². The summed E-state index contributed by atoms with van der Waals surface area (Å²) in [5.41, 5.74) is 1.07. The Balaban J connectivity index is 1.52. The average molecular weight is 404 g/mol. The molecule has 0 radical (unpaired) electrons. The average Bonchev–Trinajstić information content (AvgIpc) is 3.36. The Bertz CT molecular complexity index is 1500. The third-order valence-electron chi connectivity index (χ3n) is 4.73. The minimum absolute atomic E-state index is 0.0235. The van der Waals surface area contributed by atoms with E-state index < -0.39 is 11.5 Å². The van der Waals surface area contributed by atoms with Crippen molar-refractivity contribution in [3.63, 3.8) is 0 Å². The lowest BCUT2D eigenvalue weighted by Gasteiger charge is -2.06. The molecule has 0 unspecified atom stereocenters. The van der Waals surface area contributed by atoms with Crippen LogP contribution in [0.2, 0.25) is 0 Å². The summed E-state index contributed by atoms with van der Waals surface area (Å²) < 4.78 is 16.1. The molecule has 10 heteroatoms. The van der Waals surface area contributed by atoms with Crippen LogP contribution in [0.3, 0.4) is 0 Å². The van der Waals surface area contributed by atoms with Crippen LogP contribution in [0.4, 0.5) is 4.39 Å². The molecule has 0 saturated heterocycles. The van der Waals surface area contributed by atoms with Crippen molar-refractivity contribution in [1.82, 2.24) is 29.5 Å². The fourth-order valence-corrected chi connectivity index (χ4v) is 3.31. The zero-order chi connectivity index (χ0) is 20.8. The first-order valence-corrected chi connectivity index (χ1v) is 8.90. The van der Waals surface area contributed by atoms with Gasteiger partial charge in [-0.2, -0.15) is 10.2 Å². The second-order valence-corrected chi connectivity index (χ2v) is 6.73. The molecule has 0 spiro atoms. The van der Waals surface area contributed by atoms with Crippen molar-refractivity contribution in [2.24, 2.45) is 0 Å². The third kappa shape index (κ3) is 3.00. The summed E-state index contributed by atoms with van der Waals surface area (Å²) in [5.74, 6) is -1.34. The zero-order valence-corrected chi connectivity index (χ0v) is 15.3. The number of hydrogen-bond acceptors (Lipinski definition) is 5. The highest BCUT2D eigenvalue weighted by atomic mass is 19.1. The van der Waals surface area contributed by atoms with Crippen LogP contribution in [0, 0.1) is 5.82 Å². The minimum atomic E-state index is -1.13. The molecule has 3 aromatic heterocycles. The smallest absolute Gasteiger partial charge is 0.338 e. The van der Waals surface area contributed by atoms with E-state index in [1.807, 2.05) is 18.2 Å². The second kappa shape index (κ2) is 6.62. The third-order valence-corrected chi connectivity index (χ3v) is 4.73. The number of carboxylic acids is 1. The van der Waals surface area contributed by atoms with Gasteiger partial charge in [0.1, 0.15) is 11.3 Å². The van der Waals surface area contributed by atoms with Gasteiger partial charge in [-0.05, 0) is 34.5 Å². The molecular weight excluding hydrogens is 391 g/mol. The van der Waals surface area contributed by atoms with Crippen LogP contribution < -0.4 is 5.56 Å². The van der Waals surface area contributed by atoms with Crippen LogP contribution in [0.25, 0.3) is 27.8 Å². The van der Waals surface area contributed by atoms with Gasteiger partial charge in [0.2, 0.25) is 5.95 Å². The largest absolute Gasteiger partial charge is 0.478 e. The molecule has 30 heavy (non-hydrogen) atoms. The van der Waals surface area contributed by atoms with E-state index in [4.69, 9.17) is 5.11 Å². The molecule has 5 aromatic rings. The summed E-state index contributed by atoms with van der Waals surface area (Å²) in [7, 11) is 0. The first kappa shape index (κ1) is 17.7. The first-order chi connectivity index (χ1) is 14.5. The molecular formula is C20H13FN6O3. The summed E-state index contributed by atoms with van der Waals surface area (Å²) in [5, 5.41) is 18.9. The molecule has 0 fully saturated rings. The number of fused-ring (bicyclic) bond motifs is 2. The normalized spacial score (nSPS) is 11.4. The highest BCUT2D eigenvalue weighted by Gasteiger charge is 2.14. The van der Waals surface area contributed by atoms with Crippen molar-refractivity contribution in [2.75, 3.05) is 0 Å². The van der Waals surface area contributed by atoms with Crippen molar-refractivity contribution in [3.8, 4) is 5.95 Å². The number of carboxylic acid groups (broad SMARTS) is 1. The number of rotatable bonds is 4. The number of nitrogens with one attached hydrogen (secondary N) is 1. The monoisotopic (exact) mass is 404 g/mol. The number of H-pyrrole nitrogens is 1. The van der Waals surface area contributed by atoms with Gasteiger partial charge < -0.3 is 5.11 Å². The molecule has 2 aromatic carbocycles. The lowest BCUT2D eigenvalue weighted by Crippen LogP contribution is -2.17. The summed E-state index contributed by atoms with van der Waals surface area (Å²) in [6, 6.07) is 10.1. The summed E-state index contributed by atoms with van der Waals surface area (Å²) in [4.78, 5) is 30.6. The van der Waals surface area contributed by atoms with Crippen molar-refractivity contribution in [2.45, 2.75) is 6.54 Å². The predicted octanol–water partition coefficient (Wildman–Crippen LogP) is 2.34. The Labute approximate surface area is 167 Å². The molecule has 3 heterocycles. The quantitative estimate of drug-likeness (QED) is 0.475. The molecule has 0 amide bonds. The number of aromatic amines is 1. The molecule has 9 nitrogen and oxygen atoms in total. The summed E-state index contributed by atoms with van der Waals surface area (Å²) in [6.07, 6.45) is 3.89. The summed E-state index contributed by atoms with van der Waals surface area (Å²) >= 11 is 0. The molecule has 0 aliphatic rings. The Morgan fingerprint density at radius 2 is 1.90 bits per heavy atom. The van der Waals surface area contributed by atoms with Gasteiger partial charge in [-0.3, -0.25) is 14.5 Å². The lowest BCUT2D eigenvalue weighted by atomic mass is 10.1. The number of carbonyl (C=O) groups is 1. The van der Waals surface area contributed by atoms with Gasteiger partial charge in [0.15, 0.2) is 5.52 Å². The van der Waals surface area contributed by atoms with E-state index in [1.165, 1.54) is 40.1 Å². The van der Waals surface area contributed by atoms with E-state index in [1.54, 1.807) is 6.07 Å². The Hall–Kier alpha value is -4.34. The SMILES string of the molecule is O=C(O)c1cnn(-c2nc3cnn(Cc4ccc5cc(F)ccc5c4)c3c(=O)[nH]2)c1. The number of hydrogen-bond donors (Lipinski definition) is 2. The Kier molecular flexibility index (Phi) is 3.91. The van der Waals surface area contributed by atoms with Crippen LogP contribution in [0.5, 0.6) is 0 Å². The standard InChI is InChI=1S/C20H13FN6O3/c21-15-4-3-12-5-11(1-2-13(12)6-15)9-26-17-16(8-23-26)24-20(25-18(17)28)27-10-14(7-22-27)19(29)30/h1-8,10H,9H2,(H,29,30)(H,24,25,28). The van der Waals surface area contributed by atoms with Gasteiger partial charge in [-0.25, -0.2) is 18.9 Å². The highest BCUT2D eigenvalue weighted by molar-refractivity contribution is 5.87. The van der Waals surface area contributed by atoms with Crippen molar-refractivity contribution in [1.29, 1.82) is 0 Å². The maximum Gasteiger partial charge on any atom is 0.338 e. The molecule has 0 atom stereocenters. The van der Waals surface area contributed by atoms with Crippen LogP contribution in [-0.2, 0) is 6.54 Å². The maximum atomic E-state index is 13.4. The van der Waals surface area contributed by atoms with E-state index in [0.717, 1.165) is 16.3 Å². The predicted molar refractivity (Wildman–Crippen MR) is 105 cm³/mol. The molecule has 0 saturated carbocycles. The molecule has 148 valence electrons. The Morgan fingerprint density at radius 3 is 2.70 bits per heavy atom. The molecule has 2 N–H and O–H groups in total. The molecule has 0 bridgehead atoms. The van der Waals surface area contributed by atoms with Gasteiger partial charge in [0, 0.05) is 6.20 Å². The molecule has 0 aliphatic carbocycles. The number of benzene rings is 2. The van der Waals surface area contributed by atoms with E-state index in [9.17, 15) is 14.0 Å². The molecule has 0 aliphatic heterocycles.